The maximum atomic E-state index is 4.96. The first-order chi connectivity index (χ1) is 5.88. The summed E-state index contributed by atoms with van der Waals surface area (Å²) in [6.45, 7) is 6.02. The Hall–Kier alpha value is -1.12. The van der Waals surface area contributed by atoms with Crippen LogP contribution in [0.25, 0.3) is 0 Å². The van der Waals surface area contributed by atoms with Gasteiger partial charge in [0.15, 0.2) is 0 Å². The molecular weight excluding hydrogens is 152 g/mol. The number of aromatic nitrogens is 2. The van der Waals surface area contributed by atoms with Gasteiger partial charge in [-0.15, -0.1) is 0 Å². The third-order valence-electron chi connectivity index (χ3n) is 1.26. The van der Waals surface area contributed by atoms with Gasteiger partial charge < -0.3 is 4.74 Å². The molecule has 0 unspecified atom stereocenters. The Morgan fingerprint density at radius 2 is 1.83 bits per heavy atom. The molecule has 0 spiro atoms. The van der Waals surface area contributed by atoms with Gasteiger partial charge in [-0.2, -0.15) is 0 Å². The van der Waals surface area contributed by atoms with Crippen molar-refractivity contribution >= 4 is 0 Å². The third-order valence-corrected chi connectivity index (χ3v) is 1.26. The number of aryl methyl sites for hydroxylation is 1. The average Bonchev–Trinajstić information content (AvgIpc) is 2.20. The lowest BCUT2D eigenvalue weighted by molar-refractivity contribution is 0.390. The molecule has 0 saturated carbocycles. The summed E-state index contributed by atoms with van der Waals surface area (Å²) in [5.41, 5.74) is 0.907. The highest BCUT2D eigenvalue weighted by molar-refractivity contribution is 5.16. The van der Waals surface area contributed by atoms with E-state index in [9.17, 15) is 0 Å². The molecule has 0 saturated heterocycles. The van der Waals surface area contributed by atoms with Crippen LogP contribution in [0.2, 0.25) is 0 Å². The SMILES string of the molecule is CC.CCc1nccnc1OC. The Balaban J connectivity index is 0.000000561. The smallest absolute Gasteiger partial charge is 0.235 e. The molecule has 68 valence electrons. The van der Waals surface area contributed by atoms with Gasteiger partial charge in [0.05, 0.1) is 7.11 Å². The van der Waals surface area contributed by atoms with Crippen molar-refractivity contribution in [1.82, 2.24) is 9.97 Å². The largest absolute Gasteiger partial charge is 0.480 e. The van der Waals surface area contributed by atoms with Gasteiger partial charge in [-0.1, -0.05) is 20.8 Å². The Bertz CT molecular complexity index is 190. The number of rotatable bonds is 2. The van der Waals surface area contributed by atoms with Crippen molar-refractivity contribution in [2.24, 2.45) is 0 Å². The van der Waals surface area contributed by atoms with Gasteiger partial charge in [0.2, 0.25) is 5.88 Å². The predicted octanol–water partition coefficient (Wildman–Crippen LogP) is 2.07. The summed E-state index contributed by atoms with van der Waals surface area (Å²) >= 11 is 0. The van der Waals surface area contributed by atoms with Gasteiger partial charge in [0, 0.05) is 12.4 Å². The van der Waals surface area contributed by atoms with Crippen LogP contribution in [0.5, 0.6) is 5.88 Å². The van der Waals surface area contributed by atoms with E-state index in [0.29, 0.717) is 5.88 Å². The summed E-state index contributed by atoms with van der Waals surface area (Å²) in [5.74, 6) is 0.630. The van der Waals surface area contributed by atoms with Crippen molar-refractivity contribution in [1.29, 1.82) is 0 Å². The molecule has 0 bridgehead atoms. The van der Waals surface area contributed by atoms with Crippen LogP contribution in [0.15, 0.2) is 12.4 Å². The normalized spacial score (nSPS) is 8.33. The van der Waals surface area contributed by atoms with Gasteiger partial charge in [-0.25, -0.2) is 4.98 Å². The molecule has 12 heavy (non-hydrogen) atoms. The second-order valence-corrected chi connectivity index (χ2v) is 1.87. The Labute approximate surface area is 73.8 Å². The fraction of sp³-hybridized carbons (Fsp3) is 0.556. The van der Waals surface area contributed by atoms with E-state index in [-0.39, 0.29) is 0 Å². The third kappa shape index (κ3) is 2.86. The zero-order chi connectivity index (χ0) is 9.40. The first-order valence-electron chi connectivity index (χ1n) is 4.22. The molecule has 0 N–H and O–H groups in total. The number of nitrogens with zero attached hydrogens (tertiary/aromatic N) is 2. The van der Waals surface area contributed by atoms with E-state index < -0.39 is 0 Å². The number of ether oxygens (including phenoxy) is 1. The van der Waals surface area contributed by atoms with Gasteiger partial charge >= 0.3 is 0 Å². The fourth-order valence-electron chi connectivity index (χ4n) is 0.767. The van der Waals surface area contributed by atoms with Crippen molar-refractivity contribution in [3.8, 4) is 5.88 Å². The topological polar surface area (TPSA) is 35.0 Å². The minimum atomic E-state index is 0.630. The quantitative estimate of drug-likeness (QED) is 0.678. The lowest BCUT2D eigenvalue weighted by atomic mass is 10.3. The van der Waals surface area contributed by atoms with E-state index >= 15 is 0 Å². The predicted molar refractivity (Wildman–Crippen MR) is 49.3 cm³/mol. The number of hydrogen-bond donors (Lipinski definition) is 0. The monoisotopic (exact) mass is 168 g/mol. The van der Waals surface area contributed by atoms with E-state index in [1.165, 1.54) is 0 Å². The molecule has 1 aromatic heterocycles. The summed E-state index contributed by atoms with van der Waals surface area (Å²) in [7, 11) is 1.60. The second kappa shape index (κ2) is 6.58. The van der Waals surface area contributed by atoms with Crippen molar-refractivity contribution in [3.63, 3.8) is 0 Å². The molecule has 0 atom stereocenters. The van der Waals surface area contributed by atoms with Crippen molar-refractivity contribution in [3.05, 3.63) is 18.1 Å². The van der Waals surface area contributed by atoms with Crippen LogP contribution in [-0.2, 0) is 6.42 Å². The Morgan fingerprint density at radius 1 is 1.25 bits per heavy atom. The molecule has 0 fully saturated rings. The summed E-state index contributed by atoms with van der Waals surface area (Å²) in [6, 6.07) is 0. The summed E-state index contributed by atoms with van der Waals surface area (Å²) in [4.78, 5) is 8.06. The molecule has 1 rings (SSSR count). The van der Waals surface area contributed by atoms with Crippen LogP contribution in [-0.4, -0.2) is 17.1 Å². The minimum Gasteiger partial charge on any atom is -0.480 e. The van der Waals surface area contributed by atoms with Crippen molar-refractivity contribution in [2.75, 3.05) is 7.11 Å². The second-order valence-electron chi connectivity index (χ2n) is 1.87. The highest BCUT2D eigenvalue weighted by Crippen LogP contribution is 2.09. The highest BCUT2D eigenvalue weighted by Gasteiger charge is 1.99. The van der Waals surface area contributed by atoms with Gasteiger partial charge in [-0.05, 0) is 6.42 Å². The van der Waals surface area contributed by atoms with E-state index in [0.717, 1.165) is 12.1 Å². The molecule has 0 amide bonds. The van der Waals surface area contributed by atoms with Crippen LogP contribution in [0.3, 0.4) is 0 Å². The molecule has 1 aromatic rings. The number of hydrogen-bond acceptors (Lipinski definition) is 3. The molecule has 1 heterocycles. The lowest BCUT2D eigenvalue weighted by Crippen LogP contribution is -1.95. The van der Waals surface area contributed by atoms with E-state index in [1.807, 2.05) is 20.8 Å². The molecule has 0 aliphatic carbocycles. The summed E-state index contributed by atoms with van der Waals surface area (Å²) < 4.78 is 4.96. The molecule has 0 aromatic carbocycles. The Kier molecular flexibility index (Phi) is 5.97. The van der Waals surface area contributed by atoms with Crippen LogP contribution in [0, 0.1) is 0 Å². The van der Waals surface area contributed by atoms with E-state index in [2.05, 4.69) is 9.97 Å². The molecular formula is C9H16N2O. The van der Waals surface area contributed by atoms with Gasteiger partial charge in [0.1, 0.15) is 5.69 Å². The van der Waals surface area contributed by atoms with E-state index in [4.69, 9.17) is 4.74 Å². The van der Waals surface area contributed by atoms with Crippen molar-refractivity contribution < 1.29 is 4.74 Å². The molecule has 3 nitrogen and oxygen atoms in total. The van der Waals surface area contributed by atoms with Crippen LogP contribution in [0.1, 0.15) is 26.5 Å². The maximum absolute atomic E-state index is 4.96. The zero-order valence-electron chi connectivity index (χ0n) is 8.16. The average molecular weight is 168 g/mol. The highest BCUT2D eigenvalue weighted by atomic mass is 16.5. The number of methoxy groups -OCH3 is 1. The van der Waals surface area contributed by atoms with Crippen LogP contribution in [0.4, 0.5) is 0 Å². The minimum absolute atomic E-state index is 0.630. The lowest BCUT2D eigenvalue weighted by Gasteiger charge is -2.01. The van der Waals surface area contributed by atoms with Gasteiger partial charge in [-0.3, -0.25) is 4.98 Å². The first-order valence-corrected chi connectivity index (χ1v) is 4.22. The summed E-state index contributed by atoms with van der Waals surface area (Å²) in [5, 5.41) is 0. The van der Waals surface area contributed by atoms with Gasteiger partial charge in [0.25, 0.3) is 0 Å². The van der Waals surface area contributed by atoms with Crippen molar-refractivity contribution in [2.45, 2.75) is 27.2 Å². The summed E-state index contributed by atoms with van der Waals surface area (Å²) in [6.07, 6.45) is 4.15. The molecule has 0 aliphatic heterocycles. The van der Waals surface area contributed by atoms with Crippen LogP contribution >= 0.6 is 0 Å². The molecule has 0 aliphatic rings. The van der Waals surface area contributed by atoms with Crippen LogP contribution < -0.4 is 4.74 Å². The fourth-order valence-corrected chi connectivity index (χ4v) is 0.767. The standard InChI is InChI=1S/C7H10N2O.C2H6/c1-3-6-7(10-2)9-5-4-8-6;1-2/h4-5H,3H2,1-2H3;1-2H3. The Morgan fingerprint density at radius 3 is 2.25 bits per heavy atom. The molecule has 0 radical (unpaired) electrons. The maximum Gasteiger partial charge on any atom is 0.235 e. The molecule has 3 heteroatoms. The van der Waals surface area contributed by atoms with E-state index in [1.54, 1.807) is 19.5 Å². The zero-order valence-corrected chi connectivity index (χ0v) is 8.16. The first kappa shape index (κ1) is 10.9.